The molecule has 11 nitrogen and oxygen atoms in total. The van der Waals surface area contributed by atoms with Gasteiger partial charge in [-0.3, -0.25) is 19.8 Å². The van der Waals surface area contributed by atoms with E-state index < -0.39 is 34.3 Å². The summed E-state index contributed by atoms with van der Waals surface area (Å²) >= 11 is 5.81. The molecule has 0 bridgehead atoms. The Morgan fingerprint density at radius 3 is 2.79 bits per heavy atom. The number of urea groups is 1. The third kappa shape index (κ3) is 3.89. The lowest BCUT2D eigenvalue weighted by atomic mass is 10.1. The van der Waals surface area contributed by atoms with Gasteiger partial charge in [0.1, 0.15) is 11.5 Å². The summed E-state index contributed by atoms with van der Waals surface area (Å²) in [5.74, 6) is -2.14. The summed E-state index contributed by atoms with van der Waals surface area (Å²) in [6.45, 7) is -0.277. The number of carbonyl (C=O) groups excluding carboxylic acids is 3. The molecule has 1 aliphatic heterocycles. The Labute approximate surface area is 167 Å². The molecule has 2 heterocycles. The van der Waals surface area contributed by atoms with Crippen LogP contribution in [0.3, 0.4) is 0 Å². The first-order valence-electron chi connectivity index (χ1n) is 7.89. The van der Waals surface area contributed by atoms with Gasteiger partial charge in [-0.15, -0.1) is 0 Å². The number of hydrogen-bond donors (Lipinski definition) is 2. The normalized spacial score (nSPS) is 15.0. The molecule has 0 saturated carbocycles. The molecule has 29 heavy (non-hydrogen) atoms. The maximum atomic E-state index is 12.5. The topological polar surface area (TPSA) is 152 Å². The van der Waals surface area contributed by atoms with E-state index in [2.05, 4.69) is 10.1 Å². The van der Waals surface area contributed by atoms with Gasteiger partial charge in [0.15, 0.2) is 0 Å². The van der Waals surface area contributed by atoms with E-state index in [0.717, 1.165) is 17.0 Å². The molecule has 0 radical (unpaired) electrons. The molecule has 1 aliphatic rings. The summed E-state index contributed by atoms with van der Waals surface area (Å²) in [7, 11) is 1.18. The number of rotatable bonds is 5. The Morgan fingerprint density at radius 1 is 1.41 bits per heavy atom. The number of amides is 3. The van der Waals surface area contributed by atoms with Crippen molar-refractivity contribution in [3.8, 4) is 5.75 Å². The second kappa shape index (κ2) is 7.64. The van der Waals surface area contributed by atoms with Crippen molar-refractivity contribution >= 4 is 41.3 Å². The van der Waals surface area contributed by atoms with Crippen LogP contribution in [0, 0.1) is 10.1 Å². The SMILES string of the molecule is COC(=O)c1ccc(CN2C(=O)N/C(=C\c3cc(Cl)cc([N+](=O)[O-])c3O)C2=O)o1. The molecular formula is C17H12ClN3O8. The van der Waals surface area contributed by atoms with Gasteiger partial charge in [-0.2, -0.15) is 0 Å². The minimum atomic E-state index is -0.833. The molecule has 1 aromatic carbocycles. The van der Waals surface area contributed by atoms with E-state index in [4.69, 9.17) is 16.0 Å². The Hall–Kier alpha value is -3.86. The molecule has 0 unspecified atom stereocenters. The van der Waals surface area contributed by atoms with Gasteiger partial charge in [0.05, 0.1) is 18.6 Å². The first-order valence-corrected chi connectivity index (χ1v) is 8.27. The van der Waals surface area contributed by atoms with Crippen LogP contribution in [0.2, 0.25) is 5.02 Å². The van der Waals surface area contributed by atoms with Crippen LogP contribution < -0.4 is 5.32 Å². The number of halogens is 1. The summed E-state index contributed by atoms with van der Waals surface area (Å²) < 4.78 is 9.73. The molecule has 1 aromatic heterocycles. The number of nitrogens with zero attached hydrogens (tertiary/aromatic N) is 2. The lowest BCUT2D eigenvalue weighted by molar-refractivity contribution is -0.385. The van der Waals surface area contributed by atoms with Crippen molar-refractivity contribution in [3.05, 3.63) is 62.2 Å². The number of nitrogens with one attached hydrogen (secondary N) is 1. The van der Waals surface area contributed by atoms with Crippen LogP contribution in [0.4, 0.5) is 10.5 Å². The number of imide groups is 1. The van der Waals surface area contributed by atoms with Crippen molar-refractivity contribution in [3.63, 3.8) is 0 Å². The monoisotopic (exact) mass is 421 g/mol. The number of esters is 1. The number of phenols is 1. The standard InChI is InChI=1S/C17H12ClN3O8/c1-28-16(24)13-3-2-10(29-13)7-20-15(23)11(19-17(20)25)5-8-4-9(18)6-12(14(8)22)21(26)27/h2-6,22H,7H2,1H3,(H,19,25)/b11-5-. The van der Waals surface area contributed by atoms with Gasteiger partial charge in [-0.1, -0.05) is 11.6 Å². The minimum absolute atomic E-state index is 0.0408. The fraction of sp³-hybridized carbons (Fsp3) is 0.118. The maximum absolute atomic E-state index is 12.5. The number of nitro benzene ring substituents is 1. The van der Waals surface area contributed by atoms with Gasteiger partial charge in [0.2, 0.25) is 11.5 Å². The maximum Gasteiger partial charge on any atom is 0.373 e. The Morgan fingerprint density at radius 2 is 2.14 bits per heavy atom. The van der Waals surface area contributed by atoms with Gasteiger partial charge in [0, 0.05) is 16.7 Å². The van der Waals surface area contributed by atoms with Crippen LogP contribution in [0.25, 0.3) is 6.08 Å². The summed E-state index contributed by atoms with van der Waals surface area (Å²) in [6.07, 6.45) is 1.07. The highest BCUT2D eigenvalue weighted by molar-refractivity contribution is 6.31. The Bertz CT molecular complexity index is 1070. The number of ether oxygens (including phenoxy) is 1. The Balaban J connectivity index is 1.86. The predicted octanol–water partition coefficient (Wildman–Crippen LogP) is 2.43. The van der Waals surface area contributed by atoms with Crippen molar-refractivity contribution in [1.29, 1.82) is 0 Å². The summed E-state index contributed by atoms with van der Waals surface area (Å²) in [4.78, 5) is 47.0. The molecule has 150 valence electrons. The third-order valence-electron chi connectivity index (χ3n) is 3.91. The van der Waals surface area contributed by atoms with Crippen molar-refractivity contribution in [2.75, 3.05) is 7.11 Å². The fourth-order valence-corrected chi connectivity index (χ4v) is 2.78. The third-order valence-corrected chi connectivity index (χ3v) is 4.12. The Kier molecular flexibility index (Phi) is 5.24. The largest absolute Gasteiger partial charge is 0.502 e. The molecule has 2 N–H and O–H groups in total. The number of aromatic hydroxyl groups is 1. The summed E-state index contributed by atoms with van der Waals surface area (Å²) in [6, 6.07) is 4.11. The molecule has 12 heteroatoms. The van der Waals surface area contributed by atoms with Gasteiger partial charge >= 0.3 is 17.7 Å². The van der Waals surface area contributed by atoms with Crippen molar-refractivity contribution < 1.29 is 33.6 Å². The number of hydrogen-bond acceptors (Lipinski definition) is 8. The van der Waals surface area contributed by atoms with E-state index >= 15 is 0 Å². The molecule has 2 aromatic rings. The van der Waals surface area contributed by atoms with Crippen LogP contribution >= 0.6 is 11.6 Å². The number of nitro groups is 1. The average Bonchev–Trinajstić information content (AvgIpc) is 3.24. The van der Waals surface area contributed by atoms with Crippen molar-refractivity contribution in [2.45, 2.75) is 6.54 Å². The summed E-state index contributed by atoms with van der Waals surface area (Å²) in [5, 5.41) is 23.3. The lowest BCUT2D eigenvalue weighted by Crippen LogP contribution is -2.30. The molecule has 1 saturated heterocycles. The van der Waals surface area contributed by atoms with Crippen LogP contribution in [0.15, 0.2) is 34.4 Å². The zero-order valence-electron chi connectivity index (χ0n) is 14.7. The van der Waals surface area contributed by atoms with Crippen molar-refractivity contribution in [1.82, 2.24) is 10.2 Å². The van der Waals surface area contributed by atoms with E-state index in [-0.39, 0.29) is 34.3 Å². The number of carbonyl (C=O) groups is 3. The van der Waals surface area contributed by atoms with E-state index in [1.807, 2.05) is 0 Å². The smallest absolute Gasteiger partial charge is 0.373 e. The number of phenolic OH excluding ortho intramolecular Hbond substituents is 1. The van der Waals surface area contributed by atoms with E-state index in [1.54, 1.807) is 0 Å². The highest BCUT2D eigenvalue weighted by Crippen LogP contribution is 2.35. The van der Waals surface area contributed by atoms with E-state index in [1.165, 1.54) is 25.3 Å². The number of methoxy groups -OCH3 is 1. The average molecular weight is 422 g/mol. The summed E-state index contributed by atoms with van der Waals surface area (Å²) in [5.41, 5.74) is -1.01. The van der Waals surface area contributed by atoms with Gasteiger partial charge in [-0.05, 0) is 24.3 Å². The van der Waals surface area contributed by atoms with Crippen LogP contribution in [0.1, 0.15) is 21.9 Å². The molecule has 0 aliphatic carbocycles. The van der Waals surface area contributed by atoms with Gasteiger partial charge in [0.25, 0.3) is 5.91 Å². The highest BCUT2D eigenvalue weighted by atomic mass is 35.5. The second-order valence-corrected chi connectivity index (χ2v) is 6.19. The number of furan rings is 1. The molecule has 3 rings (SSSR count). The van der Waals surface area contributed by atoms with Crippen molar-refractivity contribution in [2.24, 2.45) is 0 Å². The quantitative estimate of drug-likeness (QED) is 0.245. The molecule has 3 amide bonds. The van der Waals surface area contributed by atoms with E-state index in [9.17, 15) is 29.6 Å². The van der Waals surface area contributed by atoms with Crippen LogP contribution in [-0.4, -0.2) is 39.9 Å². The van der Waals surface area contributed by atoms with Crippen LogP contribution in [-0.2, 0) is 16.1 Å². The first kappa shape index (κ1) is 19.9. The van der Waals surface area contributed by atoms with Crippen LogP contribution in [0.5, 0.6) is 5.75 Å². The van der Waals surface area contributed by atoms with E-state index in [0.29, 0.717) is 0 Å². The zero-order chi connectivity index (χ0) is 21.3. The first-order chi connectivity index (χ1) is 13.7. The predicted molar refractivity (Wildman–Crippen MR) is 96.9 cm³/mol. The lowest BCUT2D eigenvalue weighted by Gasteiger charge is -2.09. The highest BCUT2D eigenvalue weighted by Gasteiger charge is 2.35. The minimum Gasteiger partial charge on any atom is -0.502 e. The van der Waals surface area contributed by atoms with Gasteiger partial charge < -0.3 is 19.6 Å². The molecule has 0 spiro atoms. The molecule has 1 fully saturated rings. The zero-order valence-corrected chi connectivity index (χ0v) is 15.4. The fourth-order valence-electron chi connectivity index (χ4n) is 2.55. The van der Waals surface area contributed by atoms with Gasteiger partial charge in [-0.25, -0.2) is 9.59 Å². The number of benzene rings is 1. The molecular weight excluding hydrogens is 410 g/mol. The second-order valence-electron chi connectivity index (χ2n) is 5.76. The molecule has 0 atom stereocenters.